The molecule has 2 aromatic rings. The lowest BCUT2D eigenvalue weighted by atomic mass is 10.3. The first kappa shape index (κ1) is 9.21. The molecule has 0 aliphatic heterocycles. The molecule has 0 saturated heterocycles. The van der Waals surface area contributed by atoms with E-state index in [1.807, 2.05) is 17.6 Å². The van der Waals surface area contributed by atoms with E-state index in [1.165, 1.54) is 0 Å². The van der Waals surface area contributed by atoms with Crippen LogP contribution in [-0.4, -0.2) is 15.8 Å². The molecule has 0 atom stereocenters. The Balaban J connectivity index is 2.70. The van der Waals surface area contributed by atoms with E-state index in [-0.39, 0.29) is 0 Å². The number of carbonyl (C=O) groups excluding carboxylic acids is 1. The van der Waals surface area contributed by atoms with Crippen molar-refractivity contribution in [2.24, 2.45) is 0 Å². The van der Waals surface area contributed by atoms with Gasteiger partial charge in [0.1, 0.15) is 12.1 Å². The molecule has 1 heterocycles. The third-order valence-corrected chi connectivity index (χ3v) is 2.39. The zero-order chi connectivity index (χ0) is 10.1. The van der Waals surface area contributed by atoms with Crippen LogP contribution in [0, 0.1) is 6.92 Å². The molecule has 0 saturated carbocycles. The predicted octanol–water partition coefficient (Wildman–Crippen LogP) is 2.20. The molecule has 72 valence electrons. The number of halogens is 1. The highest BCUT2D eigenvalue weighted by atomic mass is 35.5. The van der Waals surface area contributed by atoms with Crippen LogP contribution >= 0.6 is 11.6 Å². The average molecular weight is 209 g/mol. The summed E-state index contributed by atoms with van der Waals surface area (Å²) >= 11 is 5.84. The van der Waals surface area contributed by atoms with E-state index in [9.17, 15) is 4.79 Å². The van der Waals surface area contributed by atoms with Crippen molar-refractivity contribution in [2.75, 3.05) is 0 Å². The van der Waals surface area contributed by atoms with Gasteiger partial charge in [-0.15, -0.1) is 0 Å². The van der Waals surface area contributed by atoms with Crippen molar-refractivity contribution in [2.45, 2.75) is 13.5 Å². The summed E-state index contributed by atoms with van der Waals surface area (Å²) in [4.78, 5) is 14.8. The van der Waals surface area contributed by atoms with Crippen LogP contribution in [0.5, 0.6) is 0 Å². The summed E-state index contributed by atoms with van der Waals surface area (Å²) in [5.74, 6) is 0.828. The van der Waals surface area contributed by atoms with Gasteiger partial charge < -0.3 is 9.36 Å². The van der Waals surface area contributed by atoms with Gasteiger partial charge >= 0.3 is 0 Å². The van der Waals surface area contributed by atoms with E-state index in [0.717, 1.165) is 23.1 Å². The first-order valence-electron chi connectivity index (χ1n) is 4.28. The Morgan fingerprint density at radius 1 is 1.57 bits per heavy atom. The summed E-state index contributed by atoms with van der Waals surface area (Å²) in [6.45, 7) is 2.21. The van der Waals surface area contributed by atoms with Crippen molar-refractivity contribution in [3.05, 3.63) is 29.0 Å². The summed E-state index contributed by atoms with van der Waals surface area (Å²) in [7, 11) is 0. The zero-order valence-corrected chi connectivity index (χ0v) is 8.45. The Bertz CT molecular complexity index is 490. The summed E-state index contributed by atoms with van der Waals surface area (Å²) in [5, 5.41) is 0.660. The second-order valence-corrected chi connectivity index (χ2v) is 3.51. The molecule has 3 nitrogen and oxygen atoms in total. The molecule has 1 aromatic heterocycles. The number of aromatic nitrogens is 2. The molecular formula is C10H9ClN2O. The van der Waals surface area contributed by atoms with Crippen molar-refractivity contribution in [3.8, 4) is 0 Å². The fraction of sp³-hybridized carbons (Fsp3) is 0.200. The molecule has 0 amide bonds. The van der Waals surface area contributed by atoms with E-state index in [1.54, 1.807) is 12.1 Å². The van der Waals surface area contributed by atoms with Crippen LogP contribution in [-0.2, 0) is 11.3 Å². The molecular weight excluding hydrogens is 200 g/mol. The summed E-state index contributed by atoms with van der Waals surface area (Å²) < 4.78 is 1.86. The largest absolute Gasteiger partial charge is 0.321 e. The van der Waals surface area contributed by atoms with Crippen LogP contribution in [0.15, 0.2) is 18.2 Å². The van der Waals surface area contributed by atoms with Crippen LogP contribution < -0.4 is 0 Å². The van der Waals surface area contributed by atoms with Gasteiger partial charge in [0.25, 0.3) is 0 Å². The lowest BCUT2D eigenvalue weighted by Crippen LogP contribution is -2.00. The normalized spacial score (nSPS) is 10.7. The van der Waals surface area contributed by atoms with Crippen molar-refractivity contribution in [1.29, 1.82) is 0 Å². The van der Waals surface area contributed by atoms with Gasteiger partial charge in [-0.2, -0.15) is 0 Å². The zero-order valence-electron chi connectivity index (χ0n) is 7.70. The van der Waals surface area contributed by atoms with Crippen LogP contribution in [0.25, 0.3) is 11.0 Å². The third kappa shape index (κ3) is 1.40. The van der Waals surface area contributed by atoms with Crippen molar-refractivity contribution in [1.82, 2.24) is 9.55 Å². The predicted molar refractivity (Wildman–Crippen MR) is 55.5 cm³/mol. The molecule has 0 spiro atoms. The molecule has 4 heteroatoms. The molecule has 1 aromatic carbocycles. The number of nitrogens with zero attached hydrogens (tertiary/aromatic N) is 2. The number of hydrogen-bond donors (Lipinski definition) is 0. The maximum Gasteiger partial charge on any atom is 0.139 e. The van der Waals surface area contributed by atoms with Gasteiger partial charge in [0, 0.05) is 5.02 Å². The van der Waals surface area contributed by atoms with Gasteiger partial charge in [0.05, 0.1) is 17.6 Å². The van der Waals surface area contributed by atoms with Crippen LogP contribution in [0.3, 0.4) is 0 Å². The van der Waals surface area contributed by atoms with E-state index in [4.69, 9.17) is 11.6 Å². The average Bonchev–Trinajstić information content (AvgIpc) is 2.43. The van der Waals surface area contributed by atoms with Crippen molar-refractivity contribution < 1.29 is 4.79 Å². The second kappa shape index (κ2) is 3.42. The van der Waals surface area contributed by atoms with Crippen molar-refractivity contribution in [3.63, 3.8) is 0 Å². The monoisotopic (exact) mass is 208 g/mol. The third-order valence-electron chi connectivity index (χ3n) is 2.16. The SMILES string of the molecule is Cc1nc2cc(Cl)ccc2n1CC=O. The smallest absolute Gasteiger partial charge is 0.139 e. The topological polar surface area (TPSA) is 34.9 Å². The Morgan fingerprint density at radius 2 is 2.36 bits per heavy atom. The van der Waals surface area contributed by atoms with E-state index < -0.39 is 0 Å². The first-order chi connectivity index (χ1) is 6.72. The van der Waals surface area contributed by atoms with Crippen LogP contribution in [0.2, 0.25) is 5.02 Å². The molecule has 0 radical (unpaired) electrons. The molecule has 14 heavy (non-hydrogen) atoms. The van der Waals surface area contributed by atoms with E-state index in [0.29, 0.717) is 11.6 Å². The Kier molecular flexibility index (Phi) is 2.25. The quantitative estimate of drug-likeness (QED) is 0.710. The molecule has 0 fully saturated rings. The van der Waals surface area contributed by atoms with Gasteiger partial charge in [0.2, 0.25) is 0 Å². The van der Waals surface area contributed by atoms with Gasteiger partial charge in [0.15, 0.2) is 0 Å². The summed E-state index contributed by atoms with van der Waals surface area (Å²) in [6, 6.07) is 5.47. The second-order valence-electron chi connectivity index (χ2n) is 3.07. The van der Waals surface area contributed by atoms with Gasteiger partial charge in [-0.05, 0) is 25.1 Å². The maximum atomic E-state index is 10.5. The van der Waals surface area contributed by atoms with Gasteiger partial charge in [-0.1, -0.05) is 11.6 Å². The number of aryl methyl sites for hydroxylation is 1. The highest BCUT2D eigenvalue weighted by Gasteiger charge is 2.06. The highest BCUT2D eigenvalue weighted by molar-refractivity contribution is 6.31. The van der Waals surface area contributed by atoms with Crippen LogP contribution in [0.4, 0.5) is 0 Å². The van der Waals surface area contributed by atoms with Crippen LogP contribution in [0.1, 0.15) is 5.82 Å². The number of fused-ring (bicyclic) bond motifs is 1. The molecule has 2 rings (SSSR count). The van der Waals surface area contributed by atoms with Gasteiger partial charge in [-0.25, -0.2) is 4.98 Å². The highest BCUT2D eigenvalue weighted by Crippen LogP contribution is 2.19. The fourth-order valence-corrected chi connectivity index (χ4v) is 1.69. The molecule has 0 N–H and O–H groups in total. The van der Waals surface area contributed by atoms with Crippen molar-refractivity contribution >= 4 is 28.9 Å². The lowest BCUT2D eigenvalue weighted by molar-refractivity contribution is -0.108. The fourth-order valence-electron chi connectivity index (χ4n) is 1.53. The number of rotatable bonds is 2. The number of imidazole rings is 1. The Hall–Kier alpha value is -1.35. The molecule has 0 unspecified atom stereocenters. The number of carbonyl (C=O) groups is 1. The maximum absolute atomic E-state index is 10.5. The summed E-state index contributed by atoms with van der Waals surface area (Å²) in [5.41, 5.74) is 1.77. The Labute approximate surface area is 86.3 Å². The van der Waals surface area contributed by atoms with E-state index >= 15 is 0 Å². The van der Waals surface area contributed by atoms with E-state index in [2.05, 4.69) is 4.98 Å². The molecule has 0 aliphatic carbocycles. The molecule has 0 bridgehead atoms. The minimum atomic E-state index is 0.337. The minimum absolute atomic E-state index is 0.337. The molecule has 0 aliphatic rings. The standard InChI is InChI=1S/C10H9ClN2O/c1-7-12-9-6-8(11)2-3-10(9)13(7)4-5-14/h2-3,5-6H,4H2,1H3. The minimum Gasteiger partial charge on any atom is -0.321 e. The number of hydrogen-bond acceptors (Lipinski definition) is 2. The first-order valence-corrected chi connectivity index (χ1v) is 4.66. The Morgan fingerprint density at radius 3 is 3.07 bits per heavy atom. The van der Waals surface area contributed by atoms with Gasteiger partial charge in [-0.3, -0.25) is 0 Å². The number of aldehydes is 1. The lowest BCUT2D eigenvalue weighted by Gasteiger charge is -1.99. The summed E-state index contributed by atoms with van der Waals surface area (Å²) in [6.07, 6.45) is 0.864. The number of benzene rings is 1.